The first-order valence-corrected chi connectivity index (χ1v) is 8.81. The number of imidazole rings is 1. The van der Waals surface area contributed by atoms with E-state index in [2.05, 4.69) is 10.3 Å². The van der Waals surface area contributed by atoms with Gasteiger partial charge in [-0.3, -0.25) is 14.9 Å². The van der Waals surface area contributed by atoms with Gasteiger partial charge in [-0.15, -0.1) is 24.8 Å². The van der Waals surface area contributed by atoms with Crippen molar-refractivity contribution in [3.05, 3.63) is 52.6 Å². The summed E-state index contributed by atoms with van der Waals surface area (Å²) >= 11 is 0. The summed E-state index contributed by atoms with van der Waals surface area (Å²) in [5.74, 6) is 0.488. The Hall–Kier alpha value is -2.16. The van der Waals surface area contributed by atoms with Crippen LogP contribution in [0.5, 0.6) is 0 Å². The number of nitrogens with zero attached hydrogens (tertiary/aromatic N) is 4. The molecule has 1 aromatic carbocycles. The Labute approximate surface area is 176 Å². The number of rotatable bonds is 6. The zero-order valence-electron chi connectivity index (χ0n) is 15.6. The van der Waals surface area contributed by atoms with Crippen molar-refractivity contribution in [2.24, 2.45) is 5.92 Å². The quantitative estimate of drug-likeness (QED) is 0.562. The van der Waals surface area contributed by atoms with E-state index in [0.29, 0.717) is 30.3 Å². The SMILES string of the molecule is CNCCC1CCN(C(=O)c2ccc(-n3ccnc3)c([N+](=O)[O-])c2)CC1.Cl.Cl. The third-order valence-corrected chi connectivity index (χ3v) is 4.91. The van der Waals surface area contributed by atoms with E-state index in [0.717, 1.165) is 25.8 Å². The van der Waals surface area contributed by atoms with Crippen LogP contribution in [0.1, 0.15) is 29.6 Å². The topological polar surface area (TPSA) is 93.3 Å². The van der Waals surface area contributed by atoms with Crippen molar-refractivity contribution >= 4 is 36.4 Å². The molecule has 2 heterocycles. The lowest BCUT2D eigenvalue weighted by Crippen LogP contribution is -2.39. The molecular weight excluding hydrogens is 405 g/mol. The first-order chi connectivity index (χ1) is 12.6. The van der Waals surface area contributed by atoms with E-state index >= 15 is 0 Å². The summed E-state index contributed by atoms with van der Waals surface area (Å²) in [6.45, 7) is 2.38. The molecule has 1 N–H and O–H groups in total. The van der Waals surface area contributed by atoms with E-state index in [1.807, 2.05) is 7.05 Å². The summed E-state index contributed by atoms with van der Waals surface area (Å²) in [7, 11) is 1.94. The Bertz CT molecular complexity index is 778. The molecule has 0 aliphatic carbocycles. The number of hydrogen-bond acceptors (Lipinski definition) is 5. The molecule has 0 atom stereocenters. The van der Waals surface area contributed by atoms with E-state index in [9.17, 15) is 14.9 Å². The van der Waals surface area contributed by atoms with E-state index < -0.39 is 4.92 Å². The minimum absolute atomic E-state index is 0. The number of piperidine rings is 1. The average molecular weight is 430 g/mol. The second-order valence-electron chi connectivity index (χ2n) is 6.56. The third kappa shape index (κ3) is 5.43. The second kappa shape index (κ2) is 11.0. The van der Waals surface area contributed by atoms with Crippen LogP contribution in [0.2, 0.25) is 0 Å². The van der Waals surface area contributed by atoms with Crippen LogP contribution < -0.4 is 5.32 Å². The maximum Gasteiger partial charge on any atom is 0.294 e. The minimum Gasteiger partial charge on any atom is -0.339 e. The van der Waals surface area contributed by atoms with Crippen LogP contribution in [-0.2, 0) is 0 Å². The van der Waals surface area contributed by atoms with Gasteiger partial charge in [0, 0.05) is 37.1 Å². The van der Waals surface area contributed by atoms with Crippen LogP contribution in [-0.4, -0.2) is 52.0 Å². The summed E-state index contributed by atoms with van der Waals surface area (Å²) in [6, 6.07) is 4.62. The highest BCUT2D eigenvalue weighted by molar-refractivity contribution is 5.95. The van der Waals surface area contributed by atoms with Gasteiger partial charge in [-0.25, -0.2) is 4.98 Å². The van der Waals surface area contributed by atoms with Gasteiger partial charge in [0.25, 0.3) is 11.6 Å². The number of amides is 1. The number of nitro groups is 1. The fourth-order valence-electron chi connectivity index (χ4n) is 3.38. The third-order valence-electron chi connectivity index (χ3n) is 4.91. The first-order valence-electron chi connectivity index (χ1n) is 8.81. The van der Waals surface area contributed by atoms with E-state index in [1.54, 1.807) is 34.0 Å². The Balaban J connectivity index is 0.00000196. The Morgan fingerprint density at radius 1 is 1.32 bits per heavy atom. The van der Waals surface area contributed by atoms with E-state index in [4.69, 9.17) is 0 Å². The number of halogens is 2. The summed E-state index contributed by atoms with van der Waals surface area (Å²) in [6.07, 6.45) is 7.76. The maximum absolute atomic E-state index is 12.8. The van der Waals surface area contributed by atoms with Crippen LogP contribution >= 0.6 is 24.8 Å². The summed E-state index contributed by atoms with van der Waals surface area (Å²) < 4.78 is 1.57. The van der Waals surface area contributed by atoms with Crippen LogP contribution in [0.25, 0.3) is 5.69 Å². The molecule has 8 nitrogen and oxygen atoms in total. The largest absolute Gasteiger partial charge is 0.339 e. The Morgan fingerprint density at radius 3 is 2.61 bits per heavy atom. The van der Waals surface area contributed by atoms with Crippen molar-refractivity contribution in [1.29, 1.82) is 0 Å². The molecule has 0 saturated carbocycles. The fraction of sp³-hybridized carbons (Fsp3) is 0.444. The van der Waals surface area contributed by atoms with Crippen molar-refractivity contribution < 1.29 is 9.72 Å². The number of carbonyl (C=O) groups is 1. The lowest BCUT2D eigenvalue weighted by atomic mass is 9.93. The highest BCUT2D eigenvalue weighted by atomic mass is 35.5. The number of aromatic nitrogens is 2. The lowest BCUT2D eigenvalue weighted by Gasteiger charge is -2.32. The molecule has 0 bridgehead atoms. The van der Waals surface area contributed by atoms with Crippen LogP contribution in [0.3, 0.4) is 0 Å². The van der Waals surface area contributed by atoms with Crippen LogP contribution in [0.4, 0.5) is 5.69 Å². The smallest absolute Gasteiger partial charge is 0.294 e. The van der Waals surface area contributed by atoms with Gasteiger partial charge in [0.15, 0.2) is 0 Å². The molecule has 1 saturated heterocycles. The molecule has 154 valence electrons. The highest BCUT2D eigenvalue weighted by Gasteiger charge is 2.25. The van der Waals surface area contributed by atoms with Crippen molar-refractivity contribution in [2.45, 2.75) is 19.3 Å². The summed E-state index contributed by atoms with van der Waals surface area (Å²) in [5.41, 5.74) is 0.654. The van der Waals surface area contributed by atoms with Gasteiger partial charge in [0.2, 0.25) is 0 Å². The number of nitro benzene ring substituents is 1. The summed E-state index contributed by atoms with van der Waals surface area (Å²) in [4.78, 5) is 29.5. The number of hydrogen-bond donors (Lipinski definition) is 1. The number of benzene rings is 1. The van der Waals surface area contributed by atoms with Gasteiger partial charge in [0.1, 0.15) is 5.69 Å². The van der Waals surface area contributed by atoms with Crippen LogP contribution in [0.15, 0.2) is 36.9 Å². The van der Waals surface area contributed by atoms with Gasteiger partial charge in [-0.1, -0.05) is 0 Å². The molecule has 1 amide bonds. The number of carbonyl (C=O) groups excluding carboxylic acids is 1. The standard InChI is InChI=1S/C18H23N5O3.2ClH/c1-19-7-4-14-5-9-21(10-6-14)18(24)15-2-3-16(17(12-15)23(25)26)22-11-8-20-13-22;;/h2-3,8,11-14,19H,4-7,9-10H2,1H3;2*1H. The second-order valence-corrected chi connectivity index (χ2v) is 6.56. The first kappa shape index (κ1) is 23.9. The van der Waals surface area contributed by atoms with Gasteiger partial charge < -0.3 is 14.8 Å². The van der Waals surface area contributed by atoms with Gasteiger partial charge in [0.05, 0.1) is 11.3 Å². The molecule has 1 aliphatic rings. The van der Waals surface area contributed by atoms with Crippen molar-refractivity contribution in [3.63, 3.8) is 0 Å². The Morgan fingerprint density at radius 2 is 2.04 bits per heavy atom. The van der Waals surface area contributed by atoms with E-state index in [1.165, 1.54) is 12.4 Å². The monoisotopic (exact) mass is 429 g/mol. The minimum atomic E-state index is -0.462. The lowest BCUT2D eigenvalue weighted by molar-refractivity contribution is -0.384. The predicted octanol–water partition coefficient (Wildman–Crippen LogP) is 3.09. The van der Waals surface area contributed by atoms with Crippen molar-refractivity contribution in [3.8, 4) is 5.69 Å². The molecule has 2 aromatic rings. The molecule has 28 heavy (non-hydrogen) atoms. The molecule has 10 heteroatoms. The highest BCUT2D eigenvalue weighted by Crippen LogP contribution is 2.26. The predicted molar refractivity (Wildman–Crippen MR) is 112 cm³/mol. The molecule has 0 spiro atoms. The number of likely N-dealkylation sites (tertiary alicyclic amines) is 1. The van der Waals surface area contributed by atoms with Crippen LogP contribution in [0, 0.1) is 16.0 Å². The molecule has 1 aliphatic heterocycles. The van der Waals surface area contributed by atoms with Crippen molar-refractivity contribution in [1.82, 2.24) is 19.8 Å². The zero-order chi connectivity index (χ0) is 18.5. The van der Waals surface area contributed by atoms with Gasteiger partial charge >= 0.3 is 0 Å². The molecule has 1 aromatic heterocycles. The molecule has 3 rings (SSSR count). The normalized spacial score (nSPS) is 14.1. The molecule has 0 radical (unpaired) electrons. The van der Waals surface area contributed by atoms with Crippen molar-refractivity contribution in [2.75, 3.05) is 26.7 Å². The molecule has 0 unspecified atom stereocenters. The number of nitrogens with one attached hydrogen (secondary N) is 1. The van der Waals surface area contributed by atoms with E-state index in [-0.39, 0.29) is 36.4 Å². The Kier molecular flexibility index (Phi) is 9.37. The maximum atomic E-state index is 12.8. The summed E-state index contributed by atoms with van der Waals surface area (Å²) in [5, 5.41) is 14.6. The fourth-order valence-corrected chi connectivity index (χ4v) is 3.38. The van der Waals surface area contributed by atoms with Gasteiger partial charge in [-0.2, -0.15) is 0 Å². The van der Waals surface area contributed by atoms with Gasteiger partial charge in [-0.05, 0) is 50.9 Å². The molecular formula is C18H25Cl2N5O3. The molecule has 1 fully saturated rings. The average Bonchev–Trinajstić information content (AvgIpc) is 3.20. The zero-order valence-corrected chi connectivity index (χ0v) is 17.2.